The van der Waals surface area contributed by atoms with E-state index in [4.69, 9.17) is 15.7 Å². The largest absolute Gasteiger partial charge is 0.459 e. The van der Waals surface area contributed by atoms with Crippen molar-refractivity contribution in [3.8, 4) is 6.01 Å². The van der Waals surface area contributed by atoms with E-state index >= 15 is 0 Å². The number of benzene rings is 1. The highest BCUT2D eigenvalue weighted by Crippen LogP contribution is 2.17. The zero-order chi connectivity index (χ0) is 13.7. The van der Waals surface area contributed by atoms with Crippen molar-refractivity contribution in [3.05, 3.63) is 52.3 Å². The number of nitrogens with two attached hydrogens (primary N) is 1. The van der Waals surface area contributed by atoms with Gasteiger partial charge in [-0.1, -0.05) is 39.3 Å². The lowest BCUT2D eigenvalue weighted by atomic mass is 10.2. The molecule has 0 aliphatic carbocycles. The van der Waals surface area contributed by atoms with Crippen molar-refractivity contribution < 1.29 is 9.94 Å². The van der Waals surface area contributed by atoms with E-state index in [1.54, 1.807) is 0 Å². The van der Waals surface area contributed by atoms with Gasteiger partial charge in [0.2, 0.25) is 0 Å². The summed E-state index contributed by atoms with van der Waals surface area (Å²) in [4.78, 5) is 7.98. The molecule has 0 radical (unpaired) electrons. The zero-order valence-electron chi connectivity index (χ0n) is 9.82. The fourth-order valence-corrected chi connectivity index (χ4v) is 1.76. The first-order chi connectivity index (χ1) is 9.20. The van der Waals surface area contributed by atoms with Gasteiger partial charge in [-0.25, -0.2) is 4.98 Å². The van der Waals surface area contributed by atoms with Crippen LogP contribution in [0.2, 0.25) is 0 Å². The minimum absolute atomic E-state index is 0.0897. The molecule has 1 heterocycles. The van der Waals surface area contributed by atoms with Crippen molar-refractivity contribution in [1.29, 1.82) is 0 Å². The monoisotopic (exact) mass is 322 g/mol. The molecule has 0 atom stereocenters. The third-order valence-corrected chi connectivity index (χ3v) is 3.09. The Labute approximate surface area is 118 Å². The molecule has 6 nitrogen and oxygen atoms in total. The molecule has 1 aromatic carbocycles. The maximum Gasteiger partial charge on any atom is 0.317 e. The zero-order valence-corrected chi connectivity index (χ0v) is 11.4. The first kappa shape index (κ1) is 13.3. The predicted molar refractivity (Wildman–Crippen MR) is 73.0 cm³/mol. The van der Waals surface area contributed by atoms with Crippen LogP contribution in [0.1, 0.15) is 11.3 Å². The first-order valence-electron chi connectivity index (χ1n) is 5.38. The number of ether oxygens (including phenoxy) is 1. The maximum absolute atomic E-state index is 8.58. The molecule has 0 bridgehead atoms. The lowest BCUT2D eigenvalue weighted by Gasteiger charge is -2.06. The topological polar surface area (TPSA) is 93.6 Å². The number of aromatic nitrogens is 2. The second-order valence-corrected chi connectivity index (χ2v) is 4.44. The Morgan fingerprint density at radius 2 is 2.16 bits per heavy atom. The molecule has 2 aromatic rings. The van der Waals surface area contributed by atoms with Gasteiger partial charge < -0.3 is 15.7 Å². The Hall–Kier alpha value is -2.15. The highest BCUT2D eigenvalue weighted by molar-refractivity contribution is 9.10. The summed E-state index contributed by atoms with van der Waals surface area (Å²) in [6.45, 7) is 0.320. The second kappa shape index (κ2) is 6.14. The molecule has 0 aliphatic rings. The van der Waals surface area contributed by atoms with Gasteiger partial charge in [0.15, 0.2) is 5.84 Å². The highest BCUT2D eigenvalue weighted by Gasteiger charge is 2.06. The summed E-state index contributed by atoms with van der Waals surface area (Å²) in [6.07, 6.45) is 1.48. The summed E-state index contributed by atoms with van der Waals surface area (Å²) in [6, 6.07) is 9.38. The fourth-order valence-electron chi connectivity index (χ4n) is 1.36. The molecule has 0 saturated carbocycles. The minimum atomic E-state index is -0.0897. The average molecular weight is 323 g/mol. The molecule has 1 aromatic heterocycles. The van der Waals surface area contributed by atoms with Gasteiger partial charge in [-0.05, 0) is 12.1 Å². The van der Waals surface area contributed by atoms with Crippen LogP contribution in [0, 0.1) is 0 Å². The van der Waals surface area contributed by atoms with Gasteiger partial charge in [0.05, 0.1) is 0 Å². The van der Waals surface area contributed by atoms with Crippen molar-refractivity contribution in [2.45, 2.75) is 6.61 Å². The van der Waals surface area contributed by atoms with Crippen LogP contribution in [0.5, 0.6) is 6.01 Å². The molecular formula is C12H11BrN4O2. The van der Waals surface area contributed by atoms with Crippen LogP contribution in [-0.4, -0.2) is 21.0 Å². The lowest BCUT2D eigenvalue weighted by molar-refractivity contribution is 0.279. The fraction of sp³-hybridized carbons (Fsp3) is 0.0833. The summed E-state index contributed by atoms with van der Waals surface area (Å²) in [5, 5.41) is 11.5. The quantitative estimate of drug-likeness (QED) is 0.388. The number of hydrogen-bond acceptors (Lipinski definition) is 5. The predicted octanol–water partition coefficient (Wildman–Crippen LogP) is 1.91. The van der Waals surface area contributed by atoms with Gasteiger partial charge in [-0.2, -0.15) is 4.98 Å². The van der Waals surface area contributed by atoms with Gasteiger partial charge >= 0.3 is 6.01 Å². The van der Waals surface area contributed by atoms with E-state index in [2.05, 4.69) is 31.1 Å². The van der Waals surface area contributed by atoms with Crippen molar-refractivity contribution >= 4 is 21.8 Å². The van der Waals surface area contributed by atoms with Crippen molar-refractivity contribution in [3.63, 3.8) is 0 Å². The number of oxime groups is 1. The maximum atomic E-state index is 8.58. The molecule has 0 fully saturated rings. The van der Waals surface area contributed by atoms with E-state index in [9.17, 15) is 0 Å². The van der Waals surface area contributed by atoms with Crippen molar-refractivity contribution in [2.75, 3.05) is 0 Å². The van der Waals surface area contributed by atoms with Crippen LogP contribution in [0.25, 0.3) is 0 Å². The van der Waals surface area contributed by atoms with Gasteiger partial charge in [-0.3, -0.25) is 0 Å². The van der Waals surface area contributed by atoms with E-state index in [-0.39, 0.29) is 11.8 Å². The average Bonchev–Trinajstić information content (AvgIpc) is 2.46. The minimum Gasteiger partial charge on any atom is -0.459 e. The van der Waals surface area contributed by atoms with E-state index in [0.717, 1.165) is 10.0 Å². The van der Waals surface area contributed by atoms with Gasteiger partial charge in [0.25, 0.3) is 0 Å². The summed E-state index contributed by atoms with van der Waals surface area (Å²) >= 11 is 3.43. The molecule has 98 valence electrons. The molecule has 7 heteroatoms. The van der Waals surface area contributed by atoms with Gasteiger partial charge in [0.1, 0.15) is 12.3 Å². The van der Waals surface area contributed by atoms with Crippen LogP contribution < -0.4 is 10.5 Å². The Balaban J connectivity index is 2.10. The standard InChI is InChI=1S/C12H11BrN4O2/c13-9-4-2-1-3-8(9)7-19-12-15-6-5-10(16-12)11(14)17-18/h1-6,18H,7H2,(H2,14,17). The smallest absolute Gasteiger partial charge is 0.317 e. The van der Waals surface area contributed by atoms with E-state index in [0.29, 0.717) is 12.3 Å². The Bertz CT molecular complexity index is 604. The molecular weight excluding hydrogens is 312 g/mol. The number of halogens is 1. The summed E-state index contributed by atoms with van der Waals surface area (Å²) in [7, 11) is 0. The lowest BCUT2D eigenvalue weighted by Crippen LogP contribution is -2.15. The van der Waals surface area contributed by atoms with Crippen LogP contribution in [0.4, 0.5) is 0 Å². The van der Waals surface area contributed by atoms with Crippen molar-refractivity contribution in [1.82, 2.24) is 9.97 Å². The molecule has 0 saturated heterocycles. The van der Waals surface area contributed by atoms with E-state index in [1.807, 2.05) is 24.3 Å². The molecule has 0 amide bonds. The summed E-state index contributed by atoms with van der Waals surface area (Å²) in [5.41, 5.74) is 6.72. The molecule has 3 N–H and O–H groups in total. The van der Waals surface area contributed by atoms with Crippen LogP contribution in [0.3, 0.4) is 0 Å². The van der Waals surface area contributed by atoms with Gasteiger partial charge in [0, 0.05) is 16.2 Å². The Morgan fingerprint density at radius 3 is 2.89 bits per heavy atom. The number of hydrogen-bond donors (Lipinski definition) is 2. The second-order valence-electron chi connectivity index (χ2n) is 3.59. The molecule has 0 spiro atoms. The Morgan fingerprint density at radius 1 is 1.37 bits per heavy atom. The van der Waals surface area contributed by atoms with Crippen LogP contribution in [0.15, 0.2) is 46.2 Å². The third kappa shape index (κ3) is 3.41. The summed E-state index contributed by atoms with van der Waals surface area (Å²) < 4.78 is 6.41. The highest BCUT2D eigenvalue weighted by atomic mass is 79.9. The van der Waals surface area contributed by atoms with E-state index < -0.39 is 0 Å². The number of nitrogens with zero attached hydrogens (tertiary/aromatic N) is 3. The van der Waals surface area contributed by atoms with Crippen LogP contribution in [-0.2, 0) is 6.61 Å². The molecule has 0 aliphatic heterocycles. The summed E-state index contributed by atoms with van der Waals surface area (Å²) in [5.74, 6) is -0.0897. The van der Waals surface area contributed by atoms with Crippen molar-refractivity contribution in [2.24, 2.45) is 10.9 Å². The molecule has 19 heavy (non-hydrogen) atoms. The Kier molecular flexibility index (Phi) is 4.30. The SMILES string of the molecule is N/C(=N/O)c1ccnc(OCc2ccccc2Br)n1. The van der Waals surface area contributed by atoms with Gasteiger partial charge in [-0.15, -0.1) is 0 Å². The third-order valence-electron chi connectivity index (χ3n) is 2.32. The number of amidine groups is 1. The van der Waals surface area contributed by atoms with E-state index in [1.165, 1.54) is 12.3 Å². The number of rotatable bonds is 4. The normalized spacial score (nSPS) is 11.3. The molecule has 0 unspecified atom stereocenters. The van der Waals surface area contributed by atoms with Crippen LogP contribution >= 0.6 is 15.9 Å². The first-order valence-corrected chi connectivity index (χ1v) is 6.17. The molecule has 2 rings (SSSR count).